The van der Waals surface area contributed by atoms with Gasteiger partial charge in [-0.3, -0.25) is 4.79 Å². The van der Waals surface area contributed by atoms with Crippen molar-refractivity contribution in [2.45, 2.75) is 37.9 Å². The summed E-state index contributed by atoms with van der Waals surface area (Å²) >= 11 is 0. The van der Waals surface area contributed by atoms with Gasteiger partial charge < -0.3 is 14.8 Å². The van der Waals surface area contributed by atoms with Gasteiger partial charge in [-0.2, -0.15) is 0 Å². The summed E-state index contributed by atoms with van der Waals surface area (Å²) in [4.78, 5) is 12.0. The maximum absolute atomic E-state index is 12.0. The average Bonchev–Trinajstić information content (AvgIpc) is 2.49. The molecule has 4 fully saturated rings. The Bertz CT molecular complexity index is 321. The summed E-state index contributed by atoms with van der Waals surface area (Å²) in [5, 5.41) is 3.21. The lowest BCUT2D eigenvalue weighted by molar-refractivity contribution is -0.167. The minimum Gasteiger partial charge on any atom is -0.465 e. The maximum Gasteiger partial charge on any atom is 0.315 e. The molecule has 0 aromatic heterocycles. The highest BCUT2D eigenvalue weighted by Crippen LogP contribution is 2.67. The zero-order chi connectivity index (χ0) is 10.7. The van der Waals surface area contributed by atoms with Gasteiger partial charge >= 0.3 is 5.97 Å². The third-order valence-electron chi connectivity index (χ3n) is 4.15. The third-order valence-corrected chi connectivity index (χ3v) is 4.15. The molecule has 0 aromatic rings. The number of carbonyl (C=O) groups is 1. The average molecular weight is 248 g/mol. The van der Waals surface area contributed by atoms with E-state index in [1.54, 1.807) is 0 Å². The van der Waals surface area contributed by atoms with Crippen LogP contribution in [0.1, 0.15) is 26.7 Å². The smallest absolute Gasteiger partial charge is 0.315 e. The molecule has 2 bridgehead atoms. The van der Waals surface area contributed by atoms with Crippen molar-refractivity contribution in [2.24, 2.45) is 5.41 Å². The van der Waals surface area contributed by atoms with Crippen LogP contribution in [0.15, 0.2) is 0 Å². The van der Waals surface area contributed by atoms with Crippen LogP contribution in [0.2, 0.25) is 0 Å². The molecule has 1 spiro atoms. The monoisotopic (exact) mass is 247 g/mol. The minimum absolute atomic E-state index is 0. The van der Waals surface area contributed by atoms with E-state index in [-0.39, 0.29) is 35.0 Å². The van der Waals surface area contributed by atoms with E-state index in [1.165, 1.54) is 0 Å². The van der Waals surface area contributed by atoms with Crippen LogP contribution in [0, 0.1) is 5.41 Å². The van der Waals surface area contributed by atoms with Gasteiger partial charge in [0.25, 0.3) is 0 Å². The number of nitrogens with one attached hydrogen (secondary N) is 1. The fourth-order valence-electron chi connectivity index (χ4n) is 3.55. The number of halogens is 1. The van der Waals surface area contributed by atoms with Gasteiger partial charge in [-0.1, -0.05) is 0 Å². The number of carbonyl (C=O) groups excluding carboxylic acids is 1. The molecule has 0 radical (unpaired) electrons. The highest BCUT2D eigenvalue weighted by molar-refractivity contribution is 5.85. The van der Waals surface area contributed by atoms with Crippen molar-refractivity contribution >= 4 is 18.4 Å². The fraction of sp³-hybridized carbons (Fsp3) is 0.909. The summed E-state index contributed by atoms with van der Waals surface area (Å²) in [5.41, 5.74) is -0.675. The second-order valence-electron chi connectivity index (χ2n) is 5.31. The Kier molecular flexibility index (Phi) is 2.54. The van der Waals surface area contributed by atoms with Crippen LogP contribution in [0.3, 0.4) is 0 Å². The highest BCUT2D eigenvalue weighted by Gasteiger charge is 2.78. The van der Waals surface area contributed by atoms with E-state index < -0.39 is 0 Å². The van der Waals surface area contributed by atoms with Gasteiger partial charge in [-0.05, 0) is 26.7 Å². The van der Waals surface area contributed by atoms with Crippen LogP contribution in [-0.4, -0.2) is 36.9 Å². The summed E-state index contributed by atoms with van der Waals surface area (Å²) in [6.45, 7) is 6.00. The van der Waals surface area contributed by atoms with Crippen LogP contribution in [0.25, 0.3) is 0 Å². The summed E-state index contributed by atoms with van der Waals surface area (Å²) < 4.78 is 11.2. The van der Waals surface area contributed by atoms with E-state index in [2.05, 4.69) is 12.2 Å². The molecule has 1 saturated carbocycles. The van der Waals surface area contributed by atoms with Crippen molar-refractivity contribution in [2.75, 3.05) is 19.7 Å². The number of ether oxygens (including phenoxy) is 2. The molecule has 0 amide bonds. The predicted octanol–water partition coefficient (Wildman–Crippen LogP) is 0.882. The lowest BCUT2D eigenvalue weighted by Gasteiger charge is -2.48. The largest absolute Gasteiger partial charge is 0.465 e. The van der Waals surface area contributed by atoms with Crippen LogP contribution in [-0.2, 0) is 14.3 Å². The molecule has 1 aliphatic carbocycles. The van der Waals surface area contributed by atoms with Crippen molar-refractivity contribution in [3.8, 4) is 0 Å². The van der Waals surface area contributed by atoms with Crippen molar-refractivity contribution in [3.63, 3.8) is 0 Å². The lowest BCUT2D eigenvalue weighted by atomic mass is 9.55. The van der Waals surface area contributed by atoms with Gasteiger partial charge in [0, 0.05) is 13.1 Å². The second kappa shape index (κ2) is 3.34. The van der Waals surface area contributed by atoms with Crippen LogP contribution < -0.4 is 5.32 Å². The van der Waals surface area contributed by atoms with E-state index in [4.69, 9.17) is 9.47 Å². The van der Waals surface area contributed by atoms with E-state index in [0.29, 0.717) is 6.61 Å². The molecule has 92 valence electrons. The molecule has 0 unspecified atom stereocenters. The molecular weight excluding hydrogens is 230 g/mol. The van der Waals surface area contributed by atoms with Gasteiger partial charge in [0.1, 0.15) is 11.0 Å². The van der Waals surface area contributed by atoms with Gasteiger partial charge in [-0.15, -0.1) is 12.4 Å². The molecule has 5 heteroatoms. The first kappa shape index (κ1) is 12.1. The minimum atomic E-state index is -0.344. The van der Waals surface area contributed by atoms with Crippen LogP contribution >= 0.6 is 12.4 Å². The number of esters is 1. The standard InChI is InChI=1S/C11H17NO3.ClH/c1-3-14-8(13)10-4-9(2,5-10)15-11(10)6-12-7-11;/h12H,3-7H2,1-2H3;1H. The summed E-state index contributed by atoms with van der Waals surface area (Å²) in [6.07, 6.45) is 1.67. The molecular formula is C11H18ClNO3. The third kappa shape index (κ3) is 1.15. The van der Waals surface area contributed by atoms with E-state index in [0.717, 1.165) is 25.9 Å². The first-order valence-corrected chi connectivity index (χ1v) is 5.64. The molecule has 16 heavy (non-hydrogen) atoms. The molecule has 3 saturated heterocycles. The Morgan fingerprint density at radius 3 is 2.50 bits per heavy atom. The highest BCUT2D eigenvalue weighted by atomic mass is 35.5. The van der Waals surface area contributed by atoms with Crippen molar-refractivity contribution in [3.05, 3.63) is 0 Å². The normalized spacial score (nSPS) is 41.9. The van der Waals surface area contributed by atoms with E-state index in [1.807, 2.05) is 6.92 Å². The van der Waals surface area contributed by atoms with Crippen molar-refractivity contribution in [1.82, 2.24) is 5.32 Å². The SMILES string of the molecule is CCOC(=O)C12CC(C)(C1)OC21CNC1.Cl. The first-order chi connectivity index (χ1) is 7.06. The molecule has 3 aliphatic heterocycles. The Hall–Kier alpha value is -0.320. The quantitative estimate of drug-likeness (QED) is 0.736. The summed E-state index contributed by atoms with van der Waals surface area (Å²) in [5.74, 6) is -0.0542. The second-order valence-corrected chi connectivity index (χ2v) is 5.31. The maximum atomic E-state index is 12.0. The zero-order valence-electron chi connectivity index (χ0n) is 9.67. The van der Waals surface area contributed by atoms with Crippen molar-refractivity contribution in [1.29, 1.82) is 0 Å². The van der Waals surface area contributed by atoms with Crippen LogP contribution in [0.4, 0.5) is 0 Å². The Morgan fingerprint density at radius 2 is 2.06 bits per heavy atom. The van der Waals surface area contributed by atoms with Crippen LogP contribution in [0.5, 0.6) is 0 Å². The Balaban J connectivity index is 0.000000963. The van der Waals surface area contributed by atoms with Gasteiger partial charge in [-0.25, -0.2) is 0 Å². The molecule has 1 N–H and O–H groups in total. The lowest BCUT2D eigenvalue weighted by Crippen LogP contribution is -2.68. The number of hydrogen-bond donors (Lipinski definition) is 1. The van der Waals surface area contributed by atoms with Crippen molar-refractivity contribution < 1.29 is 14.3 Å². The first-order valence-electron chi connectivity index (χ1n) is 5.64. The summed E-state index contributed by atoms with van der Waals surface area (Å²) in [7, 11) is 0. The molecule has 4 rings (SSSR count). The summed E-state index contributed by atoms with van der Waals surface area (Å²) in [6, 6.07) is 0. The zero-order valence-corrected chi connectivity index (χ0v) is 10.5. The van der Waals surface area contributed by atoms with E-state index >= 15 is 0 Å². The number of hydrogen-bond acceptors (Lipinski definition) is 4. The van der Waals surface area contributed by atoms with Gasteiger partial charge in [0.15, 0.2) is 0 Å². The molecule has 4 nitrogen and oxygen atoms in total. The Labute approximate surface area is 101 Å². The molecule has 4 aliphatic rings. The van der Waals surface area contributed by atoms with E-state index in [9.17, 15) is 4.79 Å². The molecule has 0 atom stereocenters. The topological polar surface area (TPSA) is 47.6 Å². The van der Waals surface area contributed by atoms with Gasteiger partial charge in [0.05, 0.1) is 12.2 Å². The molecule has 0 aromatic carbocycles. The fourth-order valence-corrected chi connectivity index (χ4v) is 3.55. The van der Waals surface area contributed by atoms with Gasteiger partial charge in [0.2, 0.25) is 0 Å². The predicted molar refractivity (Wildman–Crippen MR) is 60.6 cm³/mol. The molecule has 3 heterocycles. The Morgan fingerprint density at radius 1 is 1.44 bits per heavy atom. The number of rotatable bonds is 2.